The fourth-order valence-electron chi connectivity index (χ4n) is 0.258. The summed E-state index contributed by atoms with van der Waals surface area (Å²) in [6, 6.07) is 0. The predicted octanol–water partition coefficient (Wildman–Crippen LogP) is 1.11. The average molecular weight is 112 g/mol. The summed E-state index contributed by atoms with van der Waals surface area (Å²) in [5.74, 6) is 0. The van der Waals surface area contributed by atoms with Crippen molar-refractivity contribution in [3.05, 3.63) is 12.2 Å². The lowest BCUT2D eigenvalue weighted by Gasteiger charge is -1.99. The predicted molar refractivity (Wildman–Crippen MR) is 37.0 cm³/mol. The van der Waals surface area contributed by atoms with Crippen molar-refractivity contribution in [3.63, 3.8) is 0 Å². The molecule has 0 aromatic rings. The van der Waals surface area contributed by atoms with Crippen LogP contribution in [0.15, 0.2) is 17.3 Å². The fraction of sp³-hybridized carbons (Fsp3) is 0.500. The molecule has 0 N–H and O–H groups in total. The van der Waals surface area contributed by atoms with Gasteiger partial charge in [-0.05, 0) is 13.0 Å². The minimum atomic E-state index is 1.75. The van der Waals surface area contributed by atoms with E-state index in [1.54, 1.807) is 11.2 Å². The smallest absolute Gasteiger partial charge is 0.0466 e. The zero-order valence-corrected chi connectivity index (χ0v) is 5.63. The third-order valence-electron chi connectivity index (χ3n) is 0.576. The molecule has 0 aliphatic carbocycles. The van der Waals surface area contributed by atoms with Gasteiger partial charge in [-0.25, -0.2) is 0 Å². The van der Waals surface area contributed by atoms with Crippen molar-refractivity contribution >= 4 is 6.21 Å². The monoisotopic (exact) mass is 112 g/mol. The Morgan fingerprint density at radius 1 is 1.38 bits per heavy atom. The molecule has 0 fully saturated rings. The van der Waals surface area contributed by atoms with E-state index in [4.69, 9.17) is 0 Å². The zero-order chi connectivity index (χ0) is 6.41. The molecule has 46 valence electrons. The second-order valence-electron chi connectivity index (χ2n) is 1.64. The standard InChI is InChI=1S/C6H12N2/c1-4-5-6-7-8(2)3/h4-6H,1-3H3/b5-4+,7-6+. The Labute approximate surface area is 50.5 Å². The summed E-state index contributed by atoms with van der Waals surface area (Å²) >= 11 is 0. The highest BCUT2D eigenvalue weighted by Gasteiger charge is 1.68. The van der Waals surface area contributed by atoms with Gasteiger partial charge in [0.2, 0.25) is 0 Å². The Bertz CT molecular complexity index is 92.7. The Morgan fingerprint density at radius 3 is 2.38 bits per heavy atom. The van der Waals surface area contributed by atoms with Gasteiger partial charge in [-0.1, -0.05) is 6.08 Å². The van der Waals surface area contributed by atoms with Crippen molar-refractivity contribution in [1.29, 1.82) is 0 Å². The molecule has 0 rings (SSSR count). The van der Waals surface area contributed by atoms with Crippen LogP contribution in [0.3, 0.4) is 0 Å². The van der Waals surface area contributed by atoms with Crippen LogP contribution in [0.4, 0.5) is 0 Å². The lowest BCUT2D eigenvalue weighted by Crippen LogP contribution is -2.00. The summed E-state index contributed by atoms with van der Waals surface area (Å²) in [5.41, 5.74) is 0. The van der Waals surface area contributed by atoms with Crippen LogP contribution in [0.25, 0.3) is 0 Å². The van der Waals surface area contributed by atoms with Crippen LogP contribution < -0.4 is 0 Å². The van der Waals surface area contributed by atoms with Crippen LogP contribution in [0, 0.1) is 0 Å². The lowest BCUT2D eigenvalue weighted by atomic mass is 10.6. The van der Waals surface area contributed by atoms with Crippen LogP contribution in [-0.4, -0.2) is 25.3 Å². The summed E-state index contributed by atoms with van der Waals surface area (Å²) < 4.78 is 0. The fourth-order valence-corrected chi connectivity index (χ4v) is 0.258. The van der Waals surface area contributed by atoms with Crippen LogP contribution >= 0.6 is 0 Å². The third kappa shape index (κ3) is 5.21. The molecule has 0 bridgehead atoms. The van der Waals surface area contributed by atoms with Gasteiger partial charge in [0.15, 0.2) is 0 Å². The third-order valence-corrected chi connectivity index (χ3v) is 0.576. The summed E-state index contributed by atoms with van der Waals surface area (Å²) in [4.78, 5) is 0. The quantitative estimate of drug-likeness (QED) is 0.386. The van der Waals surface area contributed by atoms with Gasteiger partial charge in [0.05, 0.1) is 0 Å². The van der Waals surface area contributed by atoms with Crippen molar-refractivity contribution in [1.82, 2.24) is 5.01 Å². The lowest BCUT2D eigenvalue weighted by molar-refractivity contribution is 0.440. The number of rotatable bonds is 2. The number of allylic oxidation sites excluding steroid dienone is 2. The largest absolute Gasteiger partial charge is 0.303 e. The Balaban J connectivity index is 3.34. The molecule has 0 aliphatic heterocycles. The molecule has 0 heterocycles. The molecule has 2 heteroatoms. The molecule has 0 saturated heterocycles. The maximum absolute atomic E-state index is 3.94. The second kappa shape index (κ2) is 4.37. The molecule has 0 atom stereocenters. The normalized spacial score (nSPS) is 11.4. The SMILES string of the molecule is C/C=C/C=N/N(C)C. The van der Waals surface area contributed by atoms with E-state index in [1.807, 2.05) is 33.2 Å². The molecule has 0 spiro atoms. The molecule has 0 unspecified atom stereocenters. The highest BCUT2D eigenvalue weighted by molar-refractivity contribution is 5.70. The molecule has 0 aromatic carbocycles. The molecule has 0 saturated carbocycles. The van der Waals surface area contributed by atoms with Crippen LogP contribution in [0.2, 0.25) is 0 Å². The molecule has 0 aliphatic rings. The van der Waals surface area contributed by atoms with E-state index in [-0.39, 0.29) is 0 Å². The van der Waals surface area contributed by atoms with Gasteiger partial charge in [0, 0.05) is 20.3 Å². The van der Waals surface area contributed by atoms with Crippen molar-refractivity contribution in [2.75, 3.05) is 14.1 Å². The van der Waals surface area contributed by atoms with Gasteiger partial charge in [0.25, 0.3) is 0 Å². The maximum Gasteiger partial charge on any atom is 0.0466 e. The van der Waals surface area contributed by atoms with Crippen molar-refractivity contribution < 1.29 is 0 Å². The highest BCUT2D eigenvalue weighted by atomic mass is 15.4. The van der Waals surface area contributed by atoms with Gasteiger partial charge in [-0.2, -0.15) is 5.10 Å². The topological polar surface area (TPSA) is 15.6 Å². The summed E-state index contributed by atoms with van der Waals surface area (Å²) in [5, 5.41) is 5.69. The molecule has 2 nitrogen and oxygen atoms in total. The first-order valence-electron chi connectivity index (χ1n) is 2.60. The van der Waals surface area contributed by atoms with Crippen molar-refractivity contribution in [3.8, 4) is 0 Å². The molecular weight excluding hydrogens is 100 g/mol. The molecule has 8 heavy (non-hydrogen) atoms. The number of hydrazone groups is 1. The first-order chi connectivity index (χ1) is 3.77. The van der Waals surface area contributed by atoms with E-state index in [2.05, 4.69) is 5.10 Å². The van der Waals surface area contributed by atoms with E-state index in [0.717, 1.165) is 0 Å². The molecular formula is C6H12N2. The van der Waals surface area contributed by atoms with Gasteiger partial charge >= 0.3 is 0 Å². The first kappa shape index (κ1) is 7.21. The summed E-state index contributed by atoms with van der Waals surface area (Å²) in [6.07, 6.45) is 5.58. The van der Waals surface area contributed by atoms with Gasteiger partial charge in [-0.3, -0.25) is 0 Å². The summed E-state index contributed by atoms with van der Waals surface area (Å²) in [6.45, 7) is 1.96. The Kier molecular flexibility index (Phi) is 3.94. The van der Waals surface area contributed by atoms with E-state index in [1.165, 1.54) is 0 Å². The van der Waals surface area contributed by atoms with Gasteiger partial charge < -0.3 is 5.01 Å². The van der Waals surface area contributed by atoms with E-state index in [9.17, 15) is 0 Å². The number of hydrogen-bond acceptors (Lipinski definition) is 2. The van der Waals surface area contributed by atoms with E-state index in [0.29, 0.717) is 0 Å². The Morgan fingerprint density at radius 2 is 2.00 bits per heavy atom. The van der Waals surface area contributed by atoms with Crippen molar-refractivity contribution in [2.24, 2.45) is 5.10 Å². The van der Waals surface area contributed by atoms with E-state index < -0.39 is 0 Å². The zero-order valence-electron chi connectivity index (χ0n) is 5.63. The van der Waals surface area contributed by atoms with Crippen molar-refractivity contribution in [2.45, 2.75) is 6.92 Å². The molecule has 0 aromatic heterocycles. The Hall–Kier alpha value is -0.790. The first-order valence-corrected chi connectivity index (χ1v) is 2.60. The van der Waals surface area contributed by atoms with E-state index >= 15 is 0 Å². The minimum absolute atomic E-state index is 1.75. The van der Waals surface area contributed by atoms with Gasteiger partial charge in [-0.15, -0.1) is 0 Å². The number of hydrogen-bond donors (Lipinski definition) is 0. The number of nitrogens with zero attached hydrogens (tertiary/aromatic N) is 2. The minimum Gasteiger partial charge on any atom is -0.303 e. The molecule has 0 radical (unpaired) electrons. The van der Waals surface area contributed by atoms with Crippen LogP contribution in [0.5, 0.6) is 0 Å². The molecule has 0 amide bonds. The van der Waals surface area contributed by atoms with Crippen LogP contribution in [-0.2, 0) is 0 Å². The van der Waals surface area contributed by atoms with Gasteiger partial charge in [0.1, 0.15) is 0 Å². The van der Waals surface area contributed by atoms with Crippen LogP contribution in [0.1, 0.15) is 6.92 Å². The highest BCUT2D eigenvalue weighted by Crippen LogP contribution is 1.71. The summed E-state index contributed by atoms with van der Waals surface area (Å²) in [7, 11) is 3.78. The maximum atomic E-state index is 3.94. The second-order valence-corrected chi connectivity index (χ2v) is 1.64. The average Bonchev–Trinajstić information content (AvgIpc) is 1.66.